The maximum atomic E-state index is 12.8. The van der Waals surface area contributed by atoms with Crippen molar-refractivity contribution in [2.24, 2.45) is 0 Å². The van der Waals surface area contributed by atoms with Gasteiger partial charge in [-0.2, -0.15) is 5.26 Å². The van der Waals surface area contributed by atoms with Gasteiger partial charge in [0.05, 0.1) is 4.53 Å². The van der Waals surface area contributed by atoms with E-state index in [4.69, 9.17) is 4.42 Å². The van der Waals surface area contributed by atoms with Crippen LogP contribution >= 0.6 is 11.3 Å². The highest BCUT2D eigenvalue weighted by molar-refractivity contribution is 7.07. The lowest BCUT2D eigenvalue weighted by Crippen LogP contribution is -2.32. The first-order chi connectivity index (χ1) is 13.0. The van der Waals surface area contributed by atoms with Crippen molar-refractivity contribution < 1.29 is 9.21 Å². The number of hydrogen-bond donors (Lipinski definition) is 0. The van der Waals surface area contributed by atoms with Crippen LogP contribution in [-0.4, -0.2) is 10.4 Å². The van der Waals surface area contributed by atoms with Crippen LogP contribution in [0.15, 0.2) is 64.3 Å². The quantitative estimate of drug-likeness (QED) is 0.506. The zero-order valence-corrected chi connectivity index (χ0v) is 15.5. The number of thiazole rings is 1. The summed E-state index contributed by atoms with van der Waals surface area (Å²) in [5, 5.41) is 9.63. The number of rotatable bonds is 5. The van der Waals surface area contributed by atoms with Crippen molar-refractivity contribution in [2.75, 3.05) is 0 Å². The number of allylic oxidation sites excluding steroid dienone is 1. The average Bonchev–Trinajstić information content (AvgIpc) is 3.22. The van der Waals surface area contributed by atoms with Gasteiger partial charge in [0.1, 0.15) is 27.8 Å². The summed E-state index contributed by atoms with van der Waals surface area (Å²) >= 11 is 1.09. The van der Waals surface area contributed by atoms with Crippen LogP contribution in [0.3, 0.4) is 0 Å². The first kappa shape index (κ1) is 18.4. The number of furan rings is 1. The fraction of sp³-hybridized carbons (Fsp3) is 0.0952. The predicted octanol–water partition coefficient (Wildman–Crippen LogP) is 2.38. The van der Waals surface area contributed by atoms with Crippen molar-refractivity contribution in [3.63, 3.8) is 0 Å². The number of aromatic nitrogens is 1. The van der Waals surface area contributed by atoms with Gasteiger partial charge in [0, 0.05) is 18.2 Å². The lowest BCUT2D eigenvalue weighted by atomic mass is 10.1. The molecule has 0 atom stereocenters. The predicted molar refractivity (Wildman–Crippen MR) is 105 cm³/mol. The molecule has 6 heteroatoms. The van der Waals surface area contributed by atoms with E-state index in [9.17, 15) is 14.9 Å². The molecule has 2 heterocycles. The number of nitriles is 1. The van der Waals surface area contributed by atoms with E-state index in [1.807, 2.05) is 13.0 Å². The summed E-state index contributed by atoms with van der Waals surface area (Å²) in [6.45, 7) is 5.67. The van der Waals surface area contributed by atoms with E-state index in [0.29, 0.717) is 20.5 Å². The number of ketones is 1. The zero-order valence-electron chi connectivity index (χ0n) is 14.6. The van der Waals surface area contributed by atoms with Crippen LogP contribution in [-0.2, 0) is 6.54 Å². The van der Waals surface area contributed by atoms with Crippen molar-refractivity contribution >= 4 is 28.8 Å². The molecule has 27 heavy (non-hydrogen) atoms. The van der Waals surface area contributed by atoms with E-state index < -0.39 is 5.78 Å². The number of carbonyl (C=O) groups excluding carboxylic acids is 1. The van der Waals surface area contributed by atoms with Crippen LogP contribution < -0.4 is 14.8 Å². The largest absolute Gasteiger partial charge is 0.462 e. The molecule has 3 rings (SSSR count). The van der Waals surface area contributed by atoms with E-state index in [0.717, 1.165) is 17.1 Å². The lowest BCUT2D eigenvalue weighted by Gasteiger charge is -2.00. The van der Waals surface area contributed by atoms with Crippen LogP contribution in [0.5, 0.6) is 0 Å². The van der Waals surface area contributed by atoms with Crippen LogP contribution in [0.1, 0.15) is 21.9 Å². The number of nitrogens with zero attached hydrogens (tertiary/aromatic N) is 2. The van der Waals surface area contributed by atoms with Crippen LogP contribution in [0.4, 0.5) is 0 Å². The minimum absolute atomic E-state index is 0.0691. The van der Waals surface area contributed by atoms with Crippen LogP contribution in [0.2, 0.25) is 0 Å². The van der Waals surface area contributed by atoms with Gasteiger partial charge in [0.2, 0.25) is 5.78 Å². The van der Waals surface area contributed by atoms with E-state index in [1.165, 1.54) is 4.57 Å². The maximum Gasteiger partial charge on any atom is 0.269 e. The number of aryl methyl sites for hydroxylation is 1. The molecule has 0 amide bonds. The second kappa shape index (κ2) is 7.85. The van der Waals surface area contributed by atoms with E-state index >= 15 is 0 Å². The highest BCUT2D eigenvalue weighted by Gasteiger charge is 2.17. The Kier molecular flexibility index (Phi) is 5.34. The summed E-state index contributed by atoms with van der Waals surface area (Å²) in [6.07, 6.45) is 3.17. The molecular formula is C21H16N2O3S. The number of carbonyl (C=O) groups is 1. The third-order valence-corrected chi connectivity index (χ3v) is 4.97. The molecule has 0 spiro atoms. The van der Waals surface area contributed by atoms with Crippen molar-refractivity contribution in [1.82, 2.24) is 4.57 Å². The van der Waals surface area contributed by atoms with Gasteiger partial charge in [0.15, 0.2) is 0 Å². The smallest absolute Gasteiger partial charge is 0.269 e. The average molecular weight is 376 g/mol. The summed E-state index contributed by atoms with van der Waals surface area (Å²) in [5.74, 6) is 0.849. The molecule has 3 aromatic rings. The molecule has 0 fully saturated rings. The molecule has 0 saturated heterocycles. The Balaban J connectivity index is 2.29. The highest BCUT2D eigenvalue weighted by atomic mass is 32.1. The molecule has 134 valence electrons. The molecule has 0 radical (unpaired) electrons. The van der Waals surface area contributed by atoms with Crippen molar-refractivity contribution in [1.29, 1.82) is 5.26 Å². The number of hydrogen-bond acceptors (Lipinski definition) is 5. The van der Waals surface area contributed by atoms with E-state index in [2.05, 4.69) is 6.58 Å². The van der Waals surface area contributed by atoms with Crippen LogP contribution in [0, 0.1) is 18.3 Å². The normalized spacial score (nSPS) is 12.5. The standard InChI is InChI=1S/C21H16N2O3S/c1-3-11-23-20(25)18(12-16-10-9-14(2)26-16)27-21(23)17(13-22)19(24)15-7-5-4-6-8-15/h3-10,12H,1,11H2,2H3/b18-12-,21-17+. The fourth-order valence-electron chi connectivity index (χ4n) is 2.59. The Hall–Kier alpha value is -3.43. The summed E-state index contributed by atoms with van der Waals surface area (Å²) in [6, 6.07) is 14.1. The monoisotopic (exact) mass is 376 g/mol. The summed E-state index contributed by atoms with van der Waals surface area (Å²) in [5.41, 5.74) is 0.0326. The van der Waals surface area contributed by atoms with Crippen molar-refractivity contribution in [3.05, 3.63) is 91.8 Å². The molecular weight excluding hydrogens is 360 g/mol. The molecule has 0 aliphatic rings. The molecule has 0 aliphatic carbocycles. The Morgan fingerprint density at radius 1 is 1.30 bits per heavy atom. The SMILES string of the molecule is C=CCn1c(=O)/c(=C/c2ccc(C)o2)s/c1=C(\C#N)C(=O)c1ccccc1. The van der Waals surface area contributed by atoms with Crippen LogP contribution in [0.25, 0.3) is 11.6 Å². The van der Waals surface area contributed by atoms with Crippen molar-refractivity contribution in [2.45, 2.75) is 13.5 Å². The summed E-state index contributed by atoms with van der Waals surface area (Å²) < 4.78 is 7.58. The molecule has 0 saturated carbocycles. The molecule has 0 unspecified atom stereocenters. The Bertz CT molecular complexity index is 1220. The van der Waals surface area contributed by atoms with Gasteiger partial charge >= 0.3 is 0 Å². The molecule has 2 aromatic heterocycles. The Labute approximate surface area is 159 Å². The topological polar surface area (TPSA) is 76.0 Å². The molecule has 0 N–H and O–H groups in total. The molecule has 1 aromatic carbocycles. The van der Waals surface area contributed by atoms with Gasteiger partial charge in [-0.15, -0.1) is 17.9 Å². The molecule has 0 aliphatic heterocycles. The third kappa shape index (κ3) is 3.73. The van der Waals surface area contributed by atoms with Crippen molar-refractivity contribution in [3.8, 4) is 6.07 Å². The molecule has 5 nitrogen and oxygen atoms in total. The zero-order chi connectivity index (χ0) is 19.4. The van der Waals surface area contributed by atoms with Gasteiger partial charge in [-0.05, 0) is 19.1 Å². The summed E-state index contributed by atoms with van der Waals surface area (Å²) in [7, 11) is 0. The Morgan fingerprint density at radius 3 is 2.63 bits per heavy atom. The van der Waals surface area contributed by atoms with Gasteiger partial charge in [-0.1, -0.05) is 36.4 Å². The minimum Gasteiger partial charge on any atom is -0.462 e. The second-order valence-electron chi connectivity index (χ2n) is 5.75. The minimum atomic E-state index is -0.419. The second-order valence-corrected chi connectivity index (χ2v) is 6.78. The number of benzene rings is 1. The molecule has 0 bridgehead atoms. The third-order valence-electron chi connectivity index (χ3n) is 3.84. The van der Waals surface area contributed by atoms with Gasteiger partial charge in [-0.25, -0.2) is 0 Å². The first-order valence-corrected chi connectivity index (χ1v) is 8.99. The fourth-order valence-corrected chi connectivity index (χ4v) is 3.68. The van der Waals surface area contributed by atoms with E-state index in [-0.39, 0.29) is 17.7 Å². The lowest BCUT2D eigenvalue weighted by molar-refractivity contribution is 0.105. The van der Waals surface area contributed by atoms with E-state index in [1.54, 1.807) is 54.6 Å². The maximum absolute atomic E-state index is 12.8. The van der Waals surface area contributed by atoms with Gasteiger partial charge in [-0.3, -0.25) is 14.2 Å². The summed E-state index contributed by atoms with van der Waals surface area (Å²) in [4.78, 5) is 25.6. The first-order valence-electron chi connectivity index (χ1n) is 8.18. The Morgan fingerprint density at radius 2 is 2.04 bits per heavy atom. The highest BCUT2D eigenvalue weighted by Crippen LogP contribution is 2.08. The van der Waals surface area contributed by atoms with Gasteiger partial charge < -0.3 is 4.42 Å². The number of Topliss-reactive ketones (excluding diaryl/α,β-unsaturated/α-hetero) is 1. The van der Waals surface area contributed by atoms with Gasteiger partial charge in [0.25, 0.3) is 5.56 Å².